The summed E-state index contributed by atoms with van der Waals surface area (Å²) in [6, 6.07) is 7.08. The Kier molecular flexibility index (Phi) is 5.30. The third-order valence-corrected chi connectivity index (χ3v) is 3.46. The molecule has 2 rings (SSSR count). The standard InChI is InChI=1S/C15H19ClN2O2/c1-11-5-4-6-12(9-11)17-18-15(19)10-20-14-8-3-2-7-13(14)16/h2-3,7-9,11,17H,4-6,10H2,1H3,(H,18,19)/t11-/m1/s1. The van der Waals surface area contributed by atoms with Crippen molar-refractivity contribution in [3.63, 3.8) is 0 Å². The van der Waals surface area contributed by atoms with E-state index in [1.807, 2.05) is 12.1 Å². The second-order valence-corrected chi connectivity index (χ2v) is 5.36. The molecule has 0 bridgehead atoms. The van der Waals surface area contributed by atoms with Crippen molar-refractivity contribution in [1.82, 2.24) is 10.9 Å². The number of allylic oxidation sites excluding steroid dienone is 2. The Morgan fingerprint density at radius 1 is 1.45 bits per heavy atom. The molecule has 5 heteroatoms. The van der Waals surface area contributed by atoms with Gasteiger partial charge in [-0.15, -0.1) is 0 Å². The summed E-state index contributed by atoms with van der Waals surface area (Å²) in [5.41, 5.74) is 6.65. The van der Waals surface area contributed by atoms with E-state index in [1.165, 1.54) is 6.42 Å². The molecule has 0 unspecified atom stereocenters. The van der Waals surface area contributed by atoms with Crippen molar-refractivity contribution >= 4 is 17.5 Å². The molecule has 1 aliphatic rings. The number of hydrazine groups is 1. The van der Waals surface area contributed by atoms with Crippen LogP contribution in [-0.4, -0.2) is 12.5 Å². The van der Waals surface area contributed by atoms with Crippen LogP contribution in [0.25, 0.3) is 0 Å². The van der Waals surface area contributed by atoms with Crippen LogP contribution in [0.3, 0.4) is 0 Å². The molecule has 0 heterocycles. The first-order chi connectivity index (χ1) is 9.65. The summed E-state index contributed by atoms with van der Waals surface area (Å²) in [4.78, 5) is 11.7. The van der Waals surface area contributed by atoms with Crippen LogP contribution >= 0.6 is 11.6 Å². The van der Waals surface area contributed by atoms with E-state index in [2.05, 4.69) is 23.9 Å². The minimum Gasteiger partial charge on any atom is -0.482 e. The first-order valence-corrected chi connectivity index (χ1v) is 7.16. The van der Waals surface area contributed by atoms with E-state index in [0.29, 0.717) is 16.7 Å². The Morgan fingerprint density at radius 3 is 3.00 bits per heavy atom. The number of carbonyl (C=O) groups is 1. The normalized spacial score (nSPS) is 18.1. The molecule has 108 valence electrons. The van der Waals surface area contributed by atoms with Gasteiger partial charge in [0.2, 0.25) is 0 Å². The average Bonchev–Trinajstić information content (AvgIpc) is 2.44. The van der Waals surface area contributed by atoms with Gasteiger partial charge >= 0.3 is 0 Å². The zero-order valence-corrected chi connectivity index (χ0v) is 12.2. The molecule has 2 N–H and O–H groups in total. The third kappa shape index (κ3) is 4.46. The highest BCUT2D eigenvalue weighted by Gasteiger charge is 2.10. The number of benzene rings is 1. The number of hydrogen-bond donors (Lipinski definition) is 2. The molecule has 0 aromatic heterocycles. The molecule has 1 aromatic carbocycles. The van der Waals surface area contributed by atoms with Gasteiger partial charge in [-0.2, -0.15) is 0 Å². The van der Waals surface area contributed by atoms with Crippen LogP contribution in [0.4, 0.5) is 0 Å². The van der Waals surface area contributed by atoms with Gasteiger partial charge in [-0.1, -0.05) is 36.7 Å². The van der Waals surface area contributed by atoms with Gasteiger partial charge in [-0.3, -0.25) is 10.2 Å². The number of ether oxygens (including phenoxy) is 1. The molecule has 0 aliphatic heterocycles. The summed E-state index contributed by atoms with van der Waals surface area (Å²) in [6.07, 6.45) is 5.47. The molecule has 0 saturated heterocycles. The predicted octanol–water partition coefficient (Wildman–Crippen LogP) is 3.04. The van der Waals surface area contributed by atoms with E-state index in [9.17, 15) is 4.79 Å². The minimum absolute atomic E-state index is 0.0699. The Hall–Kier alpha value is -1.68. The zero-order valence-electron chi connectivity index (χ0n) is 11.5. The highest BCUT2D eigenvalue weighted by molar-refractivity contribution is 6.32. The highest BCUT2D eigenvalue weighted by Crippen LogP contribution is 2.23. The Bertz CT molecular complexity index is 502. The van der Waals surface area contributed by atoms with Crippen molar-refractivity contribution in [3.05, 3.63) is 41.1 Å². The summed E-state index contributed by atoms with van der Waals surface area (Å²) in [7, 11) is 0. The van der Waals surface area contributed by atoms with Crippen molar-refractivity contribution in [2.24, 2.45) is 5.92 Å². The molecule has 0 spiro atoms. The molecule has 1 aliphatic carbocycles. The van der Waals surface area contributed by atoms with Crippen molar-refractivity contribution < 1.29 is 9.53 Å². The van der Waals surface area contributed by atoms with E-state index < -0.39 is 0 Å². The van der Waals surface area contributed by atoms with Crippen LogP contribution < -0.4 is 15.6 Å². The number of carbonyl (C=O) groups excluding carboxylic acids is 1. The molecular formula is C15H19ClN2O2. The van der Waals surface area contributed by atoms with Crippen LogP contribution in [0.2, 0.25) is 5.02 Å². The number of halogens is 1. The lowest BCUT2D eigenvalue weighted by molar-refractivity contribution is -0.123. The van der Waals surface area contributed by atoms with Gasteiger partial charge in [0.25, 0.3) is 5.91 Å². The lowest BCUT2D eigenvalue weighted by atomic mass is 9.96. The molecule has 1 aromatic rings. The first-order valence-electron chi connectivity index (χ1n) is 6.78. The minimum atomic E-state index is -0.232. The maximum atomic E-state index is 11.7. The number of amides is 1. The summed E-state index contributed by atoms with van der Waals surface area (Å²) < 4.78 is 5.36. The summed E-state index contributed by atoms with van der Waals surface area (Å²) in [5.74, 6) is 0.835. The Balaban J connectivity index is 1.75. The van der Waals surface area contributed by atoms with Gasteiger partial charge in [0.15, 0.2) is 6.61 Å². The maximum Gasteiger partial charge on any atom is 0.276 e. The fraction of sp³-hybridized carbons (Fsp3) is 0.400. The molecule has 0 saturated carbocycles. The van der Waals surface area contributed by atoms with Gasteiger partial charge < -0.3 is 10.2 Å². The molecule has 0 fully saturated rings. The average molecular weight is 295 g/mol. The SMILES string of the molecule is C[C@H]1C=C(NNC(=O)COc2ccccc2Cl)CCC1. The number of hydrogen-bond acceptors (Lipinski definition) is 3. The van der Waals surface area contributed by atoms with Gasteiger partial charge in [0.1, 0.15) is 5.75 Å². The van der Waals surface area contributed by atoms with Crippen molar-refractivity contribution in [2.45, 2.75) is 26.2 Å². The van der Waals surface area contributed by atoms with Gasteiger partial charge in [-0.25, -0.2) is 0 Å². The molecule has 0 radical (unpaired) electrons. The summed E-state index contributed by atoms with van der Waals surface area (Å²) in [6.45, 7) is 2.10. The lowest BCUT2D eigenvalue weighted by Gasteiger charge is -2.19. The maximum absolute atomic E-state index is 11.7. The second kappa shape index (κ2) is 7.20. The fourth-order valence-electron chi connectivity index (χ4n) is 2.12. The van der Waals surface area contributed by atoms with E-state index in [4.69, 9.17) is 16.3 Å². The smallest absolute Gasteiger partial charge is 0.276 e. The van der Waals surface area contributed by atoms with E-state index >= 15 is 0 Å². The predicted molar refractivity (Wildman–Crippen MR) is 79.3 cm³/mol. The van der Waals surface area contributed by atoms with Crippen LogP contribution in [0.5, 0.6) is 5.75 Å². The van der Waals surface area contributed by atoms with Crippen LogP contribution in [-0.2, 0) is 4.79 Å². The summed E-state index contributed by atoms with van der Waals surface area (Å²) in [5, 5.41) is 0.497. The second-order valence-electron chi connectivity index (χ2n) is 4.95. The van der Waals surface area contributed by atoms with Gasteiger partial charge in [0.05, 0.1) is 5.02 Å². The van der Waals surface area contributed by atoms with Crippen LogP contribution in [0, 0.1) is 5.92 Å². The topological polar surface area (TPSA) is 50.4 Å². The van der Waals surface area contributed by atoms with Crippen molar-refractivity contribution in [1.29, 1.82) is 0 Å². The largest absolute Gasteiger partial charge is 0.482 e. The molecular weight excluding hydrogens is 276 g/mol. The highest BCUT2D eigenvalue weighted by atomic mass is 35.5. The third-order valence-electron chi connectivity index (χ3n) is 3.15. The van der Waals surface area contributed by atoms with Crippen molar-refractivity contribution in [3.8, 4) is 5.75 Å². The zero-order chi connectivity index (χ0) is 14.4. The number of rotatable bonds is 5. The quantitative estimate of drug-likeness (QED) is 0.821. The molecule has 20 heavy (non-hydrogen) atoms. The van der Waals surface area contributed by atoms with E-state index in [-0.39, 0.29) is 12.5 Å². The summed E-state index contributed by atoms with van der Waals surface area (Å²) >= 11 is 5.94. The van der Waals surface area contributed by atoms with E-state index in [0.717, 1.165) is 18.5 Å². The molecule has 1 amide bonds. The Morgan fingerprint density at radius 2 is 2.25 bits per heavy atom. The van der Waals surface area contributed by atoms with E-state index in [1.54, 1.807) is 12.1 Å². The number of para-hydroxylation sites is 1. The molecule has 1 atom stereocenters. The molecule has 4 nitrogen and oxygen atoms in total. The van der Waals surface area contributed by atoms with Crippen LogP contribution in [0.1, 0.15) is 26.2 Å². The van der Waals surface area contributed by atoms with Crippen molar-refractivity contribution in [2.75, 3.05) is 6.61 Å². The Labute approximate surface area is 124 Å². The monoisotopic (exact) mass is 294 g/mol. The lowest BCUT2D eigenvalue weighted by Crippen LogP contribution is -2.40. The fourth-order valence-corrected chi connectivity index (χ4v) is 2.31. The van der Waals surface area contributed by atoms with Gasteiger partial charge in [0, 0.05) is 5.70 Å². The van der Waals surface area contributed by atoms with Gasteiger partial charge in [-0.05, 0) is 37.3 Å². The first kappa shape index (κ1) is 14.7. The number of nitrogens with one attached hydrogen (secondary N) is 2. The van der Waals surface area contributed by atoms with Crippen LogP contribution in [0.15, 0.2) is 36.0 Å².